The number of morpholine rings is 1. The third kappa shape index (κ3) is 3.19. The van der Waals surface area contributed by atoms with Gasteiger partial charge in [-0.15, -0.1) is 0 Å². The summed E-state index contributed by atoms with van der Waals surface area (Å²) in [7, 11) is 0. The summed E-state index contributed by atoms with van der Waals surface area (Å²) in [6.07, 6.45) is 0.549. The smallest absolute Gasteiger partial charge is 0.219 e. The van der Waals surface area contributed by atoms with Gasteiger partial charge < -0.3 is 15.4 Å². The van der Waals surface area contributed by atoms with E-state index in [2.05, 4.69) is 10.6 Å². The maximum atomic E-state index is 10.9. The second-order valence-electron chi connectivity index (χ2n) is 2.88. The standard InChI is InChI=1S/C8H16N2O2/c1-2-8(11)10-5-7-6-12-4-3-9-7/h7,9H,2-6H2,1H3,(H,10,11)/t7-/m0/s1. The van der Waals surface area contributed by atoms with E-state index in [1.54, 1.807) is 0 Å². The molecule has 1 rings (SSSR count). The summed E-state index contributed by atoms with van der Waals surface area (Å²) in [6, 6.07) is 0.286. The molecule has 1 fully saturated rings. The largest absolute Gasteiger partial charge is 0.378 e. The van der Waals surface area contributed by atoms with Crippen molar-refractivity contribution in [2.24, 2.45) is 0 Å². The van der Waals surface area contributed by atoms with Crippen molar-refractivity contribution in [1.29, 1.82) is 0 Å². The second kappa shape index (κ2) is 5.11. The van der Waals surface area contributed by atoms with Crippen LogP contribution >= 0.6 is 0 Å². The van der Waals surface area contributed by atoms with E-state index in [0.717, 1.165) is 13.2 Å². The summed E-state index contributed by atoms with van der Waals surface area (Å²) >= 11 is 0. The van der Waals surface area contributed by atoms with Crippen LogP contribution in [0.15, 0.2) is 0 Å². The minimum atomic E-state index is 0.0994. The highest BCUT2D eigenvalue weighted by Crippen LogP contribution is 1.91. The zero-order valence-electron chi connectivity index (χ0n) is 7.43. The van der Waals surface area contributed by atoms with Crippen molar-refractivity contribution in [2.75, 3.05) is 26.3 Å². The molecule has 1 aliphatic rings. The molecule has 1 heterocycles. The number of hydrogen-bond donors (Lipinski definition) is 2. The van der Waals surface area contributed by atoms with Crippen molar-refractivity contribution in [2.45, 2.75) is 19.4 Å². The molecule has 0 aromatic rings. The number of nitrogens with one attached hydrogen (secondary N) is 2. The van der Waals surface area contributed by atoms with Crippen molar-refractivity contribution in [3.63, 3.8) is 0 Å². The minimum absolute atomic E-state index is 0.0994. The molecule has 0 spiro atoms. The lowest BCUT2D eigenvalue weighted by Crippen LogP contribution is -2.48. The Bertz CT molecular complexity index is 144. The number of amides is 1. The van der Waals surface area contributed by atoms with E-state index in [-0.39, 0.29) is 11.9 Å². The van der Waals surface area contributed by atoms with E-state index >= 15 is 0 Å². The van der Waals surface area contributed by atoms with E-state index in [1.807, 2.05) is 6.92 Å². The average Bonchev–Trinajstić information content (AvgIpc) is 2.16. The number of hydrogen-bond acceptors (Lipinski definition) is 3. The molecule has 1 aliphatic heterocycles. The lowest BCUT2D eigenvalue weighted by Gasteiger charge is -2.23. The molecular formula is C8H16N2O2. The van der Waals surface area contributed by atoms with Crippen LogP contribution in [0.25, 0.3) is 0 Å². The van der Waals surface area contributed by atoms with Crippen molar-refractivity contribution >= 4 is 5.91 Å². The lowest BCUT2D eigenvalue weighted by molar-refractivity contribution is -0.121. The molecule has 0 aliphatic carbocycles. The Morgan fingerprint density at radius 2 is 2.58 bits per heavy atom. The molecule has 0 radical (unpaired) electrons. The number of carbonyl (C=O) groups is 1. The molecule has 12 heavy (non-hydrogen) atoms. The SMILES string of the molecule is CCC(=O)NC[C@H]1COCCN1. The van der Waals surface area contributed by atoms with Gasteiger partial charge in [0.1, 0.15) is 0 Å². The van der Waals surface area contributed by atoms with Crippen LogP contribution in [0.5, 0.6) is 0 Å². The molecule has 0 saturated carbocycles. The van der Waals surface area contributed by atoms with Gasteiger partial charge in [0.05, 0.1) is 13.2 Å². The van der Waals surface area contributed by atoms with Gasteiger partial charge in [0.15, 0.2) is 0 Å². The van der Waals surface area contributed by atoms with Crippen LogP contribution in [-0.4, -0.2) is 38.3 Å². The first kappa shape index (κ1) is 9.48. The molecule has 0 aromatic carbocycles. The Kier molecular flexibility index (Phi) is 4.04. The van der Waals surface area contributed by atoms with E-state index in [4.69, 9.17) is 4.74 Å². The number of carbonyl (C=O) groups excluding carboxylic acids is 1. The second-order valence-corrected chi connectivity index (χ2v) is 2.88. The van der Waals surface area contributed by atoms with Gasteiger partial charge in [-0.05, 0) is 0 Å². The molecule has 4 nitrogen and oxygen atoms in total. The van der Waals surface area contributed by atoms with Crippen LogP contribution < -0.4 is 10.6 Å². The zero-order chi connectivity index (χ0) is 8.81. The highest BCUT2D eigenvalue weighted by atomic mass is 16.5. The Morgan fingerprint density at radius 3 is 3.17 bits per heavy atom. The van der Waals surface area contributed by atoms with Gasteiger partial charge in [-0.25, -0.2) is 0 Å². The molecule has 1 saturated heterocycles. The number of ether oxygens (including phenoxy) is 1. The molecule has 0 unspecified atom stereocenters. The summed E-state index contributed by atoms with van der Waals surface area (Å²) in [5.41, 5.74) is 0. The van der Waals surface area contributed by atoms with Crippen molar-refractivity contribution in [3.05, 3.63) is 0 Å². The highest BCUT2D eigenvalue weighted by molar-refractivity contribution is 5.75. The molecular weight excluding hydrogens is 156 g/mol. The van der Waals surface area contributed by atoms with Crippen LogP contribution in [0.2, 0.25) is 0 Å². The molecule has 2 N–H and O–H groups in total. The molecule has 70 valence electrons. The van der Waals surface area contributed by atoms with Crippen molar-refractivity contribution in [3.8, 4) is 0 Å². The first-order chi connectivity index (χ1) is 5.83. The van der Waals surface area contributed by atoms with Crippen LogP contribution in [-0.2, 0) is 9.53 Å². The summed E-state index contributed by atoms with van der Waals surface area (Å²) < 4.78 is 5.23. The third-order valence-corrected chi connectivity index (χ3v) is 1.87. The maximum absolute atomic E-state index is 10.9. The lowest BCUT2D eigenvalue weighted by atomic mass is 10.2. The van der Waals surface area contributed by atoms with Gasteiger partial charge in [0.2, 0.25) is 5.91 Å². The summed E-state index contributed by atoms with van der Waals surface area (Å²) in [5.74, 6) is 0.0994. The molecule has 1 amide bonds. The molecule has 0 aromatic heterocycles. The van der Waals surface area contributed by atoms with E-state index in [9.17, 15) is 4.79 Å². The van der Waals surface area contributed by atoms with Gasteiger partial charge in [-0.1, -0.05) is 6.92 Å². The van der Waals surface area contributed by atoms with Crippen LogP contribution in [0.4, 0.5) is 0 Å². The molecule has 1 atom stereocenters. The predicted molar refractivity (Wildman–Crippen MR) is 45.9 cm³/mol. The monoisotopic (exact) mass is 172 g/mol. The quantitative estimate of drug-likeness (QED) is 0.603. The number of rotatable bonds is 3. The first-order valence-electron chi connectivity index (χ1n) is 4.40. The van der Waals surface area contributed by atoms with E-state index in [1.165, 1.54) is 0 Å². The van der Waals surface area contributed by atoms with Crippen LogP contribution in [0, 0.1) is 0 Å². The normalized spacial score (nSPS) is 23.6. The fourth-order valence-corrected chi connectivity index (χ4v) is 1.11. The van der Waals surface area contributed by atoms with Crippen molar-refractivity contribution < 1.29 is 9.53 Å². The predicted octanol–water partition coefficient (Wildman–Crippen LogP) is -0.499. The minimum Gasteiger partial charge on any atom is -0.378 e. The molecule has 0 bridgehead atoms. The Balaban J connectivity index is 2.09. The summed E-state index contributed by atoms with van der Waals surface area (Å²) in [6.45, 7) is 4.88. The van der Waals surface area contributed by atoms with Gasteiger partial charge in [-0.2, -0.15) is 0 Å². The van der Waals surface area contributed by atoms with Gasteiger partial charge in [-0.3, -0.25) is 4.79 Å². The zero-order valence-corrected chi connectivity index (χ0v) is 7.43. The average molecular weight is 172 g/mol. The van der Waals surface area contributed by atoms with Gasteiger partial charge >= 0.3 is 0 Å². The summed E-state index contributed by atoms with van der Waals surface area (Å²) in [5, 5.41) is 6.08. The highest BCUT2D eigenvalue weighted by Gasteiger charge is 2.12. The van der Waals surface area contributed by atoms with Crippen molar-refractivity contribution in [1.82, 2.24) is 10.6 Å². The molecule has 4 heteroatoms. The fourth-order valence-electron chi connectivity index (χ4n) is 1.11. The Labute approximate surface area is 72.7 Å². The van der Waals surface area contributed by atoms with E-state index in [0.29, 0.717) is 19.6 Å². The first-order valence-corrected chi connectivity index (χ1v) is 4.40. The van der Waals surface area contributed by atoms with Crippen LogP contribution in [0.3, 0.4) is 0 Å². The third-order valence-electron chi connectivity index (χ3n) is 1.87. The topological polar surface area (TPSA) is 50.4 Å². The van der Waals surface area contributed by atoms with Gasteiger partial charge in [0, 0.05) is 25.6 Å². The van der Waals surface area contributed by atoms with E-state index < -0.39 is 0 Å². The summed E-state index contributed by atoms with van der Waals surface area (Å²) in [4.78, 5) is 10.9. The van der Waals surface area contributed by atoms with Crippen LogP contribution in [0.1, 0.15) is 13.3 Å². The maximum Gasteiger partial charge on any atom is 0.219 e. The fraction of sp³-hybridized carbons (Fsp3) is 0.875. The Hall–Kier alpha value is -0.610. The van der Waals surface area contributed by atoms with Gasteiger partial charge in [0.25, 0.3) is 0 Å². The Morgan fingerprint density at radius 1 is 1.75 bits per heavy atom.